The summed E-state index contributed by atoms with van der Waals surface area (Å²) >= 11 is 0. The maximum absolute atomic E-state index is 6.34. The summed E-state index contributed by atoms with van der Waals surface area (Å²) in [7, 11) is 0. The van der Waals surface area contributed by atoms with E-state index in [1.807, 2.05) is 12.1 Å². The minimum absolute atomic E-state index is 0.913. The first-order chi connectivity index (χ1) is 23.8. The molecule has 0 saturated carbocycles. The molecular weight excluding hydrogens is 583 g/mol. The fourth-order valence-corrected chi connectivity index (χ4v) is 6.91. The Morgan fingerprint density at radius 2 is 0.792 bits per heavy atom. The SMILES string of the molecule is c1ccc(N(c2ccc(-c3ccc(-c4cccc5ccccc45)cc3)cc2)c2ccc(-c3cccc4c3oc3ccccc34)cc2)cc1. The zero-order chi connectivity index (χ0) is 31.9. The molecule has 0 aliphatic heterocycles. The highest BCUT2D eigenvalue weighted by Crippen LogP contribution is 2.39. The van der Waals surface area contributed by atoms with Gasteiger partial charge in [-0.15, -0.1) is 0 Å². The van der Waals surface area contributed by atoms with Crippen LogP contribution in [-0.4, -0.2) is 0 Å². The molecule has 8 aromatic carbocycles. The van der Waals surface area contributed by atoms with E-state index in [-0.39, 0.29) is 0 Å². The molecule has 0 saturated heterocycles. The Bertz CT molecular complexity index is 2520. The zero-order valence-corrected chi connectivity index (χ0v) is 26.3. The van der Waals surface area contributed by atoms with E-state index < -0.39 is 0 Å². The van der Waals surface area contributed by atoms with Gasteiger partial charge in [-0.3, -0.25) is 0 Å². The molecule has 0 aliphatic carbocycles. The Hall–Kier alpha value is -6.38. The van der Waals surface area contributed by atoms with Crippen LogP contribution in [0.4, 0.5) is 17.1 Å². The van der Waals surface area contributed by atoms with E-state index in [0.29, 0.717) is 0 Å². The van der Waals surface area contributed by atoms with Gasteiger partial charge in [0.05, 0.1) is 0 Å². The van der Waals surface area contributed by atoms with Crippen molar-refractivity contribution in [2.45, 2.75) is 0 Å². The van der Waals surface area contributed by atoms with Gasteiger partial charge in [0.15, 0.2) is 0 Å². The molecule has 2 heteroatoms. The highest BCUT2D eigenvalue weighted by Gasteiger charge is 2.15. The van der Waals surface area contributed by atoms with Crippen LogP contribution in [0.5, 0.6) is 0 Å². The number of hydrogen-bond acceptors (Lipinski definition) is 2. The van der Waals surface area contributed by atoms with E-state index in [0.717, 1.165) is 50.1 Å². The lowest BCUT2D eigenvalue weighted by Gasteiger charge is -2.26. The molecule has 9 aromatic rings. The van der Waals surface area contributed by atoms with Gasteiger partial charge in [0.2, 0.25) is 0 Å². The number of fused-ring (bicyclic) bond motifs is 4. The molecule has 0 bridgehead atoms. The van der Waals surface area contributed by atoms with Crippen LogP contribution in [0.15, 0.2) is 192 Å². The van der Waals surface area contributed by atoms with E-state index in [2.05, 4.69) is 181 Å². The van der Waals surface area contributed by atoms with E-state index >= 15 is 0 Å². The van der Waals surface area contributed by atoms with Crippen molar-refractivity contribution < 1.29 is 4.42 Å². The summed E-state index contributed by atoms with van der Waals surface area (Å²) in [5.74, 6) is 0. The number of nitrogens with zero attached hydrogens (tertiary/aromatic N) is 1. The fraction of sp³-hybridized carbons (Fsp3) is 0. The quantitative estimate of drug-likeness (QED) is 0.185. The Balaban J connectivity index is 1.04. The number of anilines is 3. The third kappa shape index (κ3) is 4.92. The van der Waals surface area contributed by atoms with E-state index in [1.165, 1.54) is 33.0 Å². The Kier molecular flexibility index (Phi) is 6.84. The summed E-state index contributed by atoms with van der Waals surface area (Å²) in [5.41, 5.74) is 12.2. The maximum Gasteiger partial charge on any atom is 0.143 e. The van der Waals surface area contributed by atoms with Gasteiger partial charge in [-0.2, -0.15) is 0 Å². The van der Waals surface area contributed by atoms with Crippen LogP contribution in [0.3, 0.4) is 0 Å². The van der Waals surface area contributed by atoms with Gasteiger partial charge in [-0.05, 0) is 81.1 Å². The number of rotatable bonds is 6. The third-order valence-corrected chi connectivity index (χ3v) is 9.30. The van der Waals surface area contributed by atoms with Crippen LogP contribution in [0, 0.1) is 0 Å². The summed E-state index contributed by atoms with van der Waals surface area (Å²) in [6.07, 6.45) is 0. The van der Waals surface area contributed by atoms with Crippen LogP contribution < -0.4 is 4.90 Å². The molecule has 0 radical (unpaired) electrons. The predicted octanol–water partition coefficient (Wildman–Crippen LogP) is 13.2. The first-order valence-corrected chi connectivity index (χ1v) is 16.3. The van der Waals surface area contributed by atoms with E-state index in [1.54, 1.807) is 0 Å². The molecule has 9 rings (SSSR count). The van der Waals surface area contributed by atoms with Crippen LogP contribution in [0.1, 0.15) is 0 Å². The normalized spacial score (nSPS) is 11.3. The summed E-state index contributed by atoms with van der Waals surface area (Å²) < 4.78 is 6.34. The fourth-order valence-electron chi connectivity index (χ4n) is 6.91. The minimum Gasteiger partial charge on any atom is -0.455 e. The monoisotopic (exact) mass is 613 g/mol. The van der Waals surface area contributed by atoms with Crippen molar-refractivity contribution in [2.75, 3.05) is 4.90 Å². The number of para-hydroxylation sites is 3. The lowest BCUT2D eigenvalue weighted by molar-refractivity contribution is 0.670. The van der Waals surface area contributed by atoms with Gasteiger partial charge in [0.1, 0.15) is 11.2 Å². The van der Waals surface area contributed by atoms with Crippen molar-refractivity contribution in [3.63, 3.8) is 0 Å². The third-order valence-electron chi connectivity index (χ3n) is 9.30. The van der Waals surface area contributed by atoms with Gasteiger partial charge in [0.25, 0.3) is 0 Å². The maximum atomic E-state index is 6.34. The molecule has 0 fully saturated rings. The Labute approximate surface area is 279 Å². The van der Waals surface area contributed by atoms with E-state index in [4.69, 9.17) is 4.42 Å². The molecule has 2 nitrogen and oxygen atoms in total. The van der Waals surface area contributed by atoms with Gasteiger partial charge >= 0.3 is 0 Å². The van der Waals surface area contributed by atoms with Gasteiger partial charge < -0.3 is 9.32 Å². The summed E-state index contributed by atoms with van der Waals surface area (Å²) in [5, 5.41) is 4.82. The Morgan fingerprint density at radius 3 is 1.54 bits per heavy atom. The lowest BCUT2D eigenvalue weighted by atomic mass is 9.96. The van der Waals surface area contributed by atoms with Crippen molar-refractivity contribution in [3.8, 4) is 33.4 Å². The minimum atomic E-state index is 0.913. The molecular formula is C46H31NO. The smallest absolute Gasteiger partial charge is 0.143 e. The van der Waals surface area contributed by atoms with Crippen molar-refractivity contribution in [2.24, 2.45) is 0 Å². The lowest BCUT2D eigenvalue weighted by Crippen LogP contribution is -2.09. The summed E-state index contributed by atoms with van der Waals surface area (Å²) in [4.78, 5) is 2.30. The van der Waals surface area contributed by atoms with Crippen molar-refractivity contribution in [1.82, 2.24) is 0 Å². The molecule has 48 heavy (non-hydrogen) atoms. The summed E-state index contributed by atoms with van der Waals surface area (Å²) in [6.45, 7) is 0. The molecule has 1 heterocycles. The average molecular weight is 614 g/mol. The second-order valence-corrected chi connectivity index (χ2v) is 12.1. The van der Waals surface area contributed by atoms with Crippen LogP contribution in [0.2, 0.25) is 0 Å². The second kappa shape index (κ2) is 11.8. The van der Waals surface area contributed by atoms with Crippen LogP contribution >= 0.6 is 0 Å². The van der Waals surface area contributed by atoms with Gasteiger partial charge in [0, 0.05) is 33.4 Å². The van der Waals surface area contributed by atoms with Crippen molar-refractivity contribution in [1.29, 1.82) is 0 Å². The predicted molar refractivity (Wildman–Crippen MR) is 202 cm³/mol. The topological polar surface area (TPSA) is 16.4 Å². The Morgan fingerprint density at radius 1 is 0.312 bits per heavy atom. The number of hydrogen-bond donors (Lipinski definition) is 0. The highest BCUT2D eigenvalue weighted by molar-refractivity contribution is 6.09. The van der Waals surface area contributed by atoms with Crippen LogP contribution in [-0.2, 0) is 0 Å². The van der Waals surface area contributed by atoms with Crippen molar-refractivity contribution in [3.05, 3.63) is 188 Å². The van der Waals surface area contributed by atoms with Crippen molar-refractivity contribution >= 4 is 49.8 Å². The number of benzene rings is 8. The summed E-state index contributed by atoms with van der Waals surface area (Å²) in [6, 6.07) is 66.8. The number of furan rings is 1. The molecule has 0 amide bonds. The van der Waals surface area contributed by atoms with Gasteiger partial charge in [-0.25, -0.2) is 0 Å². The molecule has 226 valence electrons. The highest BCUT2D eigenvalue weighted by atomic mass is 16.3. The zero-order valence-electron chi connectivity index (χ0n) is 26.3. The molecule has 0 atom stereocenters. The molecule has 0 aliphatic rings. The molecule has 1 aromatic heterocycles. The second-order valence-electron chi connectivity index (χ2n) is 12.1. The van der Waals surface area contributed by atoms with Crippen LogP contribution in [0.25, 0.3) is 66.1 Å². The van der Waals surface area contributed by atoms with Gasteiger partial charge in [-0.1, -0.05) is 146 Å². The first kappa shape index (κ1) is 27.9. The largest absolute Gasteiger partial charge is 0.455 e. The molecule has 0 N–H and O–H groups in total. The standard InChI is InChI=1S/C46H31NO/c1-2-12-37(13-3-1)47(39-30-26-36(27-31-39)42-17-9-18-44-43-15-6-7-19-45(43)48-46(42)44)38-28-24-33(25-29-38)32-20-22-35(23-21-32)41-16-8-11-34-10-4-5-14-40(34)41/h1-31H. The molecule has 0 unspecified atom stereocenters. The first-order valence-electron chi connectivity index (χ1n) is 16.3. The van der Waals surface area contributed by atoms with E-state index in [9.17, 15) is 0 Å². The molecule has 0 spiro atoms. The average Bonchev–Trinajstić information content (AvgIpc) is 3.55.